The molecule has 4 aliphatic rings. The number of nitrogens with zero attached hydrogens (tertiary/aromatic N) is 5. The van der Waals surface area contributed by atoms with Gasteiger partial charge in [-0.2, -0.15) is 0 Å². The Morgan fingerprint density at radius 1 is 0.857 bits per heavy atom. The van der Waals surface area contributed by atoms with Crippen molar-refractivity contribution in [3.05, 3.63) is 64.7 Å². The SMILES string of the molecule is CCc1ccc(CC(C(=O)N2CCN(C3CCN(CC)CC3)CC2)[C@H]2CC(N3CCc4ccccc4NC3=O)CCN2C(=O)O)cc1CC. The van der Waals surface area contributed by atoms with Crippen LogP contribution in [0.5, 0.6) is 0 Å². The van der Waals surface area contributed by atoms with Crippen molar-refractivity contribution in [2.24, 2.45) is 5.92 Å². The largest absolute Gasteiger partial charge is 0.465 e. The Balaban J connectivity index is 1.24. The minimum atomic E-state index is -0.993. The second kappa shape index (κ2) is 15.9. The van der Waals surface area contributed by atoms with Crippen molar-refractivity contribution in [2.45, 2.75) is 90.3 Å². The molecule has 4 aliphatic heterocycles. The molecule has 10 heteroatoms. The van der Waals surface area contributed by atoms with Crippen molar-refractivity contribution in [2.75, 3.05) is 64.2 Å². The first-order valence-electron chi connectivity index (χ1n) is 18.8. The topological polar surface area (TPSA) is 99.7 Å². The van der Waals surface area contributed by atoms with Crippen LogP contribution in [-0.2, 0) is 30.5 Å². The van der Waals surface area contributed by atoms with Gasteiger partial charge in [-0.05, 0) is 99.3 Å². The molecule has 2 unspecified atom stereocenters. The number of piperazine rings is 1. The summed E-state index contributed by atoms with van der Waals surface area (Å²) in [6.45, 7) is 13.8. The monoisotopic (exact) mass is 672 g/mol. The van der Waals surface area contributed by atoms with Gasteiger partial charge >= 0.3 is 12.1 Å². The number of benzene rings is 2. The molecular weight excluding hydrogens is 616 g/mol. The van der Waals surface area contributed by atoms with E-state index in [2.05, 4.69) is 54.1 Å². The molecule has 0 bridgehead atoms. The van der Waals surface area contributed by atoms with E-state index in [1.807, 2.05) is 34.1 Å². The van der Waals surface area contributed by atoms with E-state index in [0.717, 1.165) is 68.8 Å². The normalized spacial score (nSPS) is 23.5. The van der Waals surface area contributed by atoms with Crippen molar-refractivity contribution < 1.29 is 19.5 Å². The molecule has 4 heterocycles. The van der Waals surface area contributed by atoms with Crippen LogP contribution in [0.15, 0.2) is 42.5 Å². The third-order valence-electron chi connectivity index (χ3n) is 11.9. The number of piperidine rings is 2. The number of likely N-dealkylation sites (tertiary alicyclic amines) is 2. The van der Waals surface area contributed by atoms with Gasteiger partial charge in [0.05, 0.1) is 5.92 Å². The molecule has 49 heavy (non-hydrogen) atoms. The summed E-state index contributed by atoms with van der Waals surface area (Å²) in [6.07, 6.45) is 5.41. The highest BCUT2D eigenvalue weighted by Crippen LogP contribution is 2.33. The zero-order valence-corrected chi connectivity index (χ0v) is 29.8. The summed E-state index contributed by atoms with van der Waals surface area (Å²) in [5.41, 5.74) is 5.60. The first-order valence-corrected chi connectivity index (χ1v) is 18.8. The third-order valence-corrected chi connectivity index (χ3v) is 11.9. The summed E-state index contributed by atoms with van der Waals surface area (Å²) in [4.78, 5) is 51.6. The Kier molecular flexibility index (Phi) is 11.4. The highest BCUT2D eigenvalue weighted by molar-refractivity contribution is 5.91. The average Bonchev–Trinajstić information content (AvgIpc) is 3.31. The number of hydrogen-bond donors (Lipinski definition) is 2. The van der Waals surface area contributed by atoms with E-state index in [0.29, 0.717) is 51.5 Å². The molecule has 0 radical (unpaired) electrons. The van der Waals surface area contributed by atoms with E-state index >= 15 is 0 Å². The Bertz CT molecular complexity index is 1470. The lowest BCUT2D eigenvalue weighted by Crippen LogP contribution is -2.60. The fourth-order valence-corrected chi connectivity index (χ4v) is 8.88. The first kappa shape index (κ1) is 35.2. The van der Waals surface area contributed by atoms with Gasteiger partial charge < -0.3 is 30.0 Å². The van der Waals surface area contributed by atoms with Gasteiger partial charge in [-0.15, -0.1) is 0 Å². The molecule has 0 aliphatic carbocycles. The molecule has 6 rings (SSSR count). The number of carbonyl (C=O) groups excluding carboxylic acids is 2. The van der Waals surface area contributed by atoms with Crippen LogP contribution in [-0.4, -0.2) is 125 Å². The number of hydrogen-bond acceptors (Lipinski definition) is 5. The molecule has 0 saturated carbocycles. The zero-order chi connectivity index (χ0) is 34.5. The second-order valence-electron chi connectivity index (χ2n) is 14.4. The first-order chi connectivity index (χ1) is 23.8. The number of rotatable bonds is 9. The van der Waals surface area contributed by atoms with Crippen molar-refractivity contribution in [1.29, 1.82) is 0 Å². The maximum Gasteiger partial charge on any atom is 0.407 e. The van der Waals surface area contributed by atoms with Crippen LogP contribution in [0.25, 0.3) is 0 Å². The number of anilines is 1. The smallest absolute Gasteiger partial charge is 0.407 e. The van der Waals surface area contributed by atoms with Crippen LogP contribution < -0.4 is 5.32 Å². The molecule has 2 aromatic rings. The van der Waals surface area contributed by atoms with Crippen molar-refractivity contribution in [1.82, 2.24) is 24.5 Å². The van der Waals surface area contributed by atoms with Crippen molar-refractivity contribution >= 4 is 23.7 Å². The summed E-state index contributed by atoms with van der Waals surface area (Å²) in [5, 5.41) is 13.6. The molecular formula is C39H56N6O4. The van der Waals surface area contributed by atoms with Crippen LogP contribution in [0.3, 0.4) is 0 Å². The molecule has 0 aromatic heterocycles. The quantitative estimate of drug-likeness (QED) is 0.380. The number of aryl methyl sites for hydroxylation is 2. The van der Waals surface area contributed by atoms with E-state index in [-0.39, 0.29) is 18.0 Å². The summed E-state index contributed by atoms with van der Waals surface area (Å²) < 4.78 is 0. The molecule has 3 saturated heterocycles. The maximum atomic E-state index is 14.8. The maximum absolute atomic E-state index is 14.8. The van der Waals surface area contributed by atoms with Gasteiger partial charge in [0.1, 0.15) is 0 Å². The van der Waals surface area contributed by atoms with Crippen molar-refractivity contribution in [3.63, 3.8) is 0 Å². The predicted molar refractivity (Wildman–Crippen MR) is 193 cm³/mol. The van der Waals surface area contributed by atoms with Gasteiger partial charge in [0.15, 0.2) is 0 Å². The summed E-state index contributed by atoms with van der Waals surface area (Å²) in [5.74, 6) is -0.495. The Labute approximate surface area is 292 Å². The lowest BCUT2D eigenvalue weighted by Gasteiger charge is -2.47. The molecule has 266 valence electrons. The molecule has 2 N–H and O–H groups in total. The van der Waals surface area contributed by atoms with Gasteiger partial charge in [0.2, 0.25) is 5.91 Å². The summed E-state index contributed by atoms with van der Waals surface area (Å²) >= 11 is 0. The lowest BCUT2D eigenvalue weighted by molar-refractivity contribution is -0.140. The molecule has 3 atom stereocenters. The summed E-state index contributed by atoms with van der Waals surface area (Å²) in [7, 11) is 0. The number of nitrogens with one attached hydrogen (secondary N) is 1. The van der Waals surface area contributed by atoms with Gasteiger partial charge in [0, 0.05) is 63.1 Å². The number of carbonyl (C=O) groups is 3. The Hall–Kier alpha value is -3.63. The number of urea groups is 1. The minimum Gasteiger partial charge on any atom is -0.465 e. The number of fused-ring (bicyclic) bond motifs is 1. The molecule has 2 aromatic carbocycles. The Morgan fingerprint density at radius 3 is 2.27 bits per heavy atom. The van der Waals surface area contributed by atoms with Crippen LogP contribution in [0.1, 0.15) is 68.7 Å². The van der Waals surface area contributed by atoms with Crippen LogP contribution in [0, 0.1) is 5.92 Å². The minimum absolute atomic E-state index is 0.0442. The molecule has 10 nitrogen and oxygen atoms in total. The van der Waals surface area contributed by atoms with Gasteiger partial charge in [-0.3, -0.25) is 9.69 Å². The lowest BCUT2D eigenvalue weighted by atomic mass is 9.82. The molecule has 3 fully saturated rings. The molecule has 0 spiro atoms. The van der Waals surface area contributed by atoms with E-state index in [9.17, 15) is 19.5 Å². The number of para-hydroxylation sites is 1. The van der Waals surface area contributed by atoms with Gasteiger partial charge in [-0.1, -0.05) is 57.2 Å². The van der Waals surface area contributed by atoms with E-state index in [1.54, 1.807) is 0 Å². The van der Waals surface area contributed by atoms with E-state index in [1.165, 1.54) is 28.9 Å². The average molecular weight is 673 g/mol. The van der Waals surface area contributed by atoms with Crippen molar-refractivity contribution in [3.8, 4) is 0 Å². The summed E-state index contributed by atoms with van der Waals surface area (Å²) in [6, 6.07) is 14.2. The van der Waals surface area contributed by atoms with Gasteiger partial charge in [-0.25, -0.2) is 9.59 Å². The third kappa shape index (κ3) is 7.91. The highest BCUT2D eigenvalue weighted by atomic mass is 16.4. The highest BCUT2D eigenvalue weighted by Gasteiger charge is 2.44. The second-order valence-corrected chi connectivity index (χ2v) is 14.4. The molecule has 4 amide bonds. The number of amides is 4. The van der Waals surface area contributed by atoms with Gasteiger partial charge in [0.25, 0.3) is 0 Å². The van der Waals surface area contributed by atoms with E-state index in [4.69, 9.17) is 0 Å². The van der Waals surface area contributed by atoms with Crippen LogP contribution in [0.4, 0.5) is 15.3 Å². The number of carboxylic acid groups (broad SMARTS) is 1. The van der Waals surface area contributed by atoms with E-state index < -0.39 is 18.1 Å². The van der Waals surface area contributed by atoms with Crippen LogP contribution in [0.2, 0.25) is 0 Å². The fourth-order valence-electron chi connectivity index (χ4n) is 8.88. The zero-order valence-electron chi connectivity index (χ0n) is 29.8. The van der Waals surface area contributed by atoms with Crippen LogP contribution >= 0.6 is 0 Å². The fraction of sp³-hybridized carbons (Fsp3) is 0.615. The predicted octanol–water partition coefficient (Wildman–Crippen LogP) is 5.20. The Morgan fingerprint density at radius 2 is 1.57 bits per heavy atom. The standard InChI is InChI=1S/C39H56N6O4/c1-4-29-12-11-28(25-30(29)5-2)26-34(37(46)43-23-21-42(22-24-43)32-14-17-41(6-3)18-15-32)36-27-33(16-20-45(36)39(48)49)44-19-13-31-9-7-8-10-35(31)40-38(44)47/h7-12,25,32-34,36H,4-6,13-24,26-27H2,1-3H3,(H,40,47)(H,48,49)/t33?,34?,36-/m1/s1.